The summed E-state index contributed by atoms with van der Waals surface area (Å²) in [4.78, 5) is 14.0. The quantitative estimate of drug-likeness (QED) is 0.858. The molecule has 4 heteroatoms. The van der Waals surface area contributed by atoms with Gasteiger partial charge in [-0.25, -0.2) is 0 Å². The molecule has 2 unspecified atom stereocenters. The van der Waals surface area contributed by atoms with E-state index in [9.17, 15) is 4.79 Å². The van der Waals surface area contributed by atoms with Crippen molar-refractivity contribution in [1.29, 1.82) is 0 Å². The molecule has 0 aliphatic carbocycles. The van der Waals surface area contributed by atoms with Crippen molar-refractivity contribution in [3.05, 3.63) is 35.4 Å². The number of ether oxygens (including phenoxy) is 1. The smallest absolute Gasteiger partial charge is 0.251 e. The zero-order valence-corrected chi connectivity index (χ0v) is 12.5. The van der Waals surface area contributed by atoms with Crippen LogP contribution in [0.1, 0.15) is 30.9 Å². The maximum Gasteiger partial charge on any atom is 0.251 e. The first kappa shape index (κ1) is 15.6. The first-order chi connectivity index (χ1) is 10.1. The number of likely N-dealkylation sites (N-methyl/N-ethyl adjacent to an activating group) is 1. The lowest BCUT2D eigenvalue weighted by Crippen LogP contribution is -2.35. The Balaban J connectivity index is 1.99. The number of aliphatic hydroxyl groups excluding tert-OH is 1. The van der Waals surface area contributed by atoms with Gasteiger partial charge < -0.3 is 14.7 Å². The molecule has 1 fully saturated rings. The van der Waals surface area contributed by atoms with E-state index < -0.39 is 0 Å². The molecular weight excluding hydrogens is 266 g/mol. The van der Waals surface area contributed by atoms with Crippen molar-refractivity contribution < 1.29 is 14.6 Å². The molecular formula is C17H21NO3. The second-order valence-corrected chi connectivity index (χ2v) is 5.37. The largest absolute Gasteiger partial charge is 0.384 e. The molecule has 1 amide bonds. The van der Waals surface area contributed by atoms with Gasteiger partial charge in [0.1, 0.15) is 12.7 Å². The number of nitrogens with zero attached hydrogens (tertiary/aromatic N) is 1. The van der Waals surface area contributed by atoms with Crippen LogP contribution >= 0.6 is 0 Å². The van der Waals surface area contributed by atoms with E-state index in [1.54, 1.807) is 11.9 Å². The van der Waals surface area contributed by atoms with E-state index in [0.717, 1.165) is 24.0 Å². The fourth-order valence-electron chi connectivity index (χ4n) is 2.47. The summed E-state index contributed by atoms with van der Waals surface area (Å²) in [7, 11) is 1.79. The molecule has 1 saturated heterocycles. The van der Waals surface area contributed by atoms with Gasteiger partial charge >= 0.3 is 0 Å². The molecule has 0 radical (unpaired) electrons. The Hall–Kier alpha value is -1.83. The highest BCUT2D eigenvalue weighted by molar-refractivity contribution is 5.81. The lowest BCUT2D eigenvalue weighted by molar-refractivity contribution is -0.141. The van der Waals surface area contributed by atoms with Gasteiger partial charge in [-0.15, -0.1) is 0 Å². The van der Waals surface area contributed by atoms with E-state index in [4.69, 9.17) is 9.84 Å². The number of hydrogen-bond acceptors (Lipinski definition) is 3. The average molecular weight is 287 g/mol. The molecule has 0 spiro atoms. The SMILES string of the molecule is CC1CCC(C(=O)N(C)Cc2cccc(C#CCO)c2)O1. The van der Waals surface area contributed by atoms with Gasteiger partial charge in [0.15, 0.2) is 0 Å². The molecule has 1 aliphatic rings. The normalized spacial score (nSPS) is 20.7. The van der Waals surface area contributed by atoms with Crippen LogP contribution in [0, 0.1) is 11.8 Å². The second kappa shape index (κ2) is 7.26. The zero-order chi connectivity index (χ0) is 15.2. The zero-order valence-electron chi connectivity index (χ0n) is 12.5. The third-order valence-corrected chi connectivity index (χ3v) is 3.54. The Morgan fingerprint density at radius 3 is 2.95 bits per heavy atom. The van der Waals surface area contributed by atoms with Crippen molar-refractivity contribution in [3.63, 3.8) is 0 Å². The minimum atomic E-state index is -0.303. The topological polar surface area (TPSA) is 49.8 Å². The minimum absolute atomic E-state index is 0.0335. The van der Waals surface area contributed by atoms with Gasteiger partial charge in [-0.05, 0) is 37.5 Å². The fraction of sp³-hybridized carbons (Fsp3) is 0.471. The number of amides is 1. The van der Waals surface area contributed by atoms with Crippen LogP contribution in [0.25, 0.3) is 0 Å². The third-order valence-electron chi connectivity index (χ3n) is 3.54. The van der Waals surface area contributed by atoms with Crippen molar-refractivity contribution >= 4 is 5.91 Å². The van der Waals surface area contributed by atoms with Gasteiger partial charge in [-0.1, -0.05) is 24.0 Å². The molecule has 21 heavy (non-hydrogen) atoms. The maximum atomic E-state index is 12.3. The van der Waals surface area contributed by atoms with E-state index >= 15 is 0 Å². The first-order valence-corrected chi connectivity index (χ1v) is 7.19. The molecule has 0 aromatic heterocycles. The van der Waals surface area contributed by atoms with Crippen molar-refractivity contribution in [1.82, 2.24) is 4.90 Å². The molecule has 0 bridgehead atoms. The van der Waals surface area contributed by atoms with Crippen LogP contribution < -0.4 is 0 Å². The number of carbonyl (C=O) groups excluding carboxylic acids is 1. The summed E-state index contributed by atoms with van der Waals surface area (Å²) in [6.45, 7) is 2.37. The highest BCUT2D eigenvalue weighted by Crippen LogP contribution is 2.21. The predicted molar refractivity (Wildman–Crippen MR) is 80.4 cm³/mol. The average Bonchev–Trinajstić information content (AvgIpc) is 2.91. The molecule has 2 atom stereocenters. The van der Waals surface area contributed by atoms with Gasteiger partial charge in [-0.3, -0.25) is 4.79 Å². The second-order valence-electron chi connectivity index (χ2n) is 5.37. The molecule has 0 saturated carbocycles. The van der Waals surface area contributed by atoms with Crippen molar-refractivity contribution in [3.8, 4) is 11.8 Å². The molecule has 2 rings (SSSR count). The molecule has 1 N–H and O–H groups in total. The highest BCUT2D eigenvalue weighted by Gasteiger charge is 2.30. The number of rotatable bonds is 3. The molecule has 1 aromatic rings. The predicted octanol–water partition coefficient (Wildman–Crippen LogP) is 1.56. The molecule has 112 valence electrons. The first-order valence-electron chi connectivity index (χ1n) is 7.19. The standard InChI is InChI=1S/C17H21NO3/c1-13-8-9-16(21-13)17(20)18(2)12-15-6-3-5-14(11-15)7-4-10-19/h3,5-6,11,13,16,19H,8-10,12H2,1-2H3. The highest BCUT2D eigenvalue weighted by atomic mass is 16.5. The Morgan fingerprint density at radius 2 is 2.29 bits per heavy atom. The summed E-state index contributed by atoms with van der Waals surface area (Å²) < 4.78 is 5.62. The van der Waals surface area contributed by atoms with Gasteiger partial charge in [0.2, 0.25) is 0 Å². The molecule has 1 aromatic carbocycles. The van der Waals surface area contributed by atoms with Gasteiger partial charge in [0.05, 0.1) is 6.10 Å². The van der Waals surface area contributed by atoms with Crippen molar-refractivity contribution in [2.75, 3.05) is 13.7 Å². The Labute approximate surface area is 125 Å². The summed E-state index contributed by atoms with van der Waals surface area (Å²) >= 11 is 0. The van der Waals surface area contributed by atoms with Crippen LogP contribution in [0.2, 0.25) is 0 Å². The third kappa shape index (κ3) is 4.32. The van der Waals surface area contributed by atoms with Crippen LogP contribution in [-0.2, 0) is 16.1 Å². The fourth-order valence-corrected chi connectivity index (χ4v) is 2.47. The van der Waals surface area contributed by atoms with Crippen LogP contribution in [0.3, 0.4) is 0 Å². The van der Waals surface area contributed by atoms with Gasteiger partial charge in [0, 0.05) is 19.2 Å². The summed E-state index contributed by atoms with van der Waals surface area (Å²) in [5.74, 6) is 5.53. The van der Waals surface area contributed by atoms with E-state index in [1.165, 1.54) is 0 Å². The molecule has 1 aliphatic heterocycles. The maximum absolute atomic E-state index is 12.3. The van der Waals surface area contributed by atoms with Crippen molar-refractivity contribution in [2.24, 2.45) is 0 Å². The van der Waals surface area contributed by atoms with Crippen molar-refractivity contribution in [2.45, 2.75) is 38.5 Å². The molecule has 1 heterocycles. The lowest BCUT2D eigenvalue weighted by atomic mass is 10.1. The number of carbonyl (C=O) groups is 1. The summed E-state index contributed by atoms with van der Waals surface area (Å²) in [6.07, 6.45) is 1.61. The van der Waals surface area contributed by atoms with E-state index in [-0.39, 0.29) is 24.7 Å². The van der Waals surface area contributed by atoms with Crippen LogP contribution in [0.5, 0.6) is 0 Å². The van der Waals surface area contributed by atoms with E-state index in [1.807, 2.05) is 31.2 Å². The van der Waals surface area contributed by atoms with Gasteiger partial charge in [-0.2, -0.15) is 0 Å². The van der Waals surface area contributed by atoms with Crippen LogP contribution in [0.4, 0.5) is 0 Å². The van der Waals surface area contributed by atoms with E-state index in [0.29, 0.717) is 6.54 Å². The number of benzene rings is 1. The number of aliphatic hydroxyl groups is 1. The summed E-state index contributed by atoms with van der Waals surface area (Å²) in [6, 6.07) is 7.69. The lowest BCUT2D eigenvalue weighted by Gasteiger charge is -2.21. The van der Waals surface area contributed by atoms with Crippen LogP contribution in [0.15, 0.2) is 24.3 Å². The Kier molecular flexibility index (Phi) is 5.38. The summed E-state index contributed by atoms with van der Waals surface area (Å²) in [5, 5.41) is 8.72. The minimum Gasteiger partial charge on any atom is -0.384 e. The number of hydrogen-bond donors (Lipinski definition) is 1. The summed E-state index contributed by atoms with van der Waals surface area (Å²) in [5.41, 5.74) is 1.86. The molecule has 4 nitrogen and oxygen atoms in total. The Morgan fingerprint density at radius 1 is 1.48 bits per heavy atom. The monoisotopic (exact) mass is 287 g/mol. The van der Waals surface area contributed by atoms with Crippen LogP contribution in [-0.4, -0.2) is 41.8 Å². The van der Waals surface area contributed by atoms with Gasteiger partial charge in [0.25, 0.3) is 5.91 Å². The van der Waals surface area contributed by atoms with E-state index in [2.05, 4.69) is 11.8 Å². The Bertz CT molecular complexity index is 559.